The Hall–Kier alpha value is -2.86. The highest BCUT2D eigenvalue weighted by Gasteiger charge is 2.17. The van der Waals surface area contributed by atoms with Gasteiger partial charge in [0.25, 0.3) is 5.91 Å². The summed E-state index contributed by atoms with van der Waals surface area (Å²) in [4.78, 5) is 12.2. The van der Waals surface area contributed by atoms with Crippen LogP contribution in [-0.4, -0.2) is 40.0 Å². The van der Waals surface area contributed by atoms with E-state index in [0.717, 1.165) is 10.8 Å². The summed E-state index contributed by atoms with van der Waals surface area (Å²) in [6, 6.07) is 13.7. The summed E-state index contributed by atoms with van der Waals surface area (Å²) in [6.45, 7) is 6.22. The average molecular weight is 367 g/mol. The molecule has 0 aliphatic rings. The predicted octanol–water partition coefficient (Wildman–Crippen LogP) is 2.96. The van der Waals surface area contributed by atoms with Crippen molar-refractivity contribution in [3.05, 3.63) is 60.4 Å². The van der Waals surface area contributed by atoms with Crippen molar-refractivity contribution in [2.24, 2.45) is 0 Å². The first-order chi connectivity index (χ1) is 12.8. The fraction of sp³-hybridized carbons (Fsp3) is 0.333. The van der Waals surface area contributed by atoms with Crippen LogP contribution in [0.1, 0.15) is 31.1 Å². The van der Waals surface area contributed by atoms with Gasteiger partial charge >= 0.3 is 0 Å². The van der Waals surface area contributed by atoms with Gasteiger partial charge in [-0.15, -0.1) is 0 Å². The van der Waals surface area contributed by atoms with Gasteiger partial charge in [0.2, 0.25) is 0 Å². The third kappa shape index (κ3) is 4.65. The second-order valence-corrected chi connectivity index (χ2v) is 7.50. The molecule has 3 rings (SSSR count). The van der Waals surface area contributed by atoms with Crippen LogP contribution in [0.15, 0.2) is 54.9 Å². The van der Waals surface area contributed by atoms with Crippen LogP contribution in [0.5, 0.6) is 5.75 Å². The third-order valence-corrected chi connectivity index (χ3v) is 4.21. The third-order valence-electron chi connectivity index (χ3n) is 4.21. The van der Waals surface area contributed by atoms with Gasteiger partial charge in [-0.25, -0.2) is 0 Å². The van der Waals surface area contributed by atoms with Gasteiger partial charge in [-0.3, -0.25) is 9.48 Å². The molecule has 0 saturated carbocycles. The molecule has 0 bridgehead atoms. The monoisotopic (exact) mass is 367 g/mol. The minimum atomic E-state index is -0.814. The highest BCUT2D eigenvalue weighted by molar-refractivity contribution is 5.93. The van der Waals surface area contributed by atoms with E-state index in [1.54, 1.807) is 10.9 Å². The summed E-state index contributed by atoms with van der Waals surface area (Å²) in [5.41, 5.74) is 0.275. The van der Waals surface area contributed by atoms with Gasteiger partial charge in [-0.05, 0) is 32.2 Å². The number of aliphatic hydroxyl groups excluding tert-OH is 1. The Morgan fingerprint density at radius 1 is 1.22 bits per heavy atom. The number of hydrogen-bond acceptors (Lipinski definition) is 4. The maximum atomic E-state index is 12.2. The molecule has 27 heavy (non-hydrogen) atoms. The molecule has 0 aliphatic carbocycles. The molecule has 0 fully saturated rings. The molecule has 6 heteroatoms. The summed E-state index contributed by atoms with van der Waals surface area (Å²) in [6.07, 6.45) is 2.42. The molecule has 2 aromatic carbocycles. The van der Waals surface area contributed by atoms with Gasteiger partial charge in [0.1, 0.15) is 18.5 Å². The van der Waals surface area contributed by atoms with Gasteiger partial charge in [-0.2, -0.15) is 5.10 Å². The standard InChI is InChI=1S/C21H25N3O3/c1-21(2,3)24-13-16(11-23-24)20(26)22-12-17(25)14-27-19-10-6-8-15-7-4-5-9-18(15)19/h4-11,13,17,25H,12,14H2,1-3H3,(H,22,26). The highest BCUT2D eigenvalue weighted by Crippen LogP contribution is 2.25. The number of ether oxygens (including phenoxy) is 1. The van der Waals surface area contributed by atoms with Crippen molar-refractivity contribution in [3.8, 4) is 5.75 Å². The number of nitrogens with one attached hydrogen (secondary N) is 1. The maximum absolute atomic E-state index is 12.2. The Balaban J connectivity index is 1.53. The first-order valence-corrected chi connectivity index (χ1v) is 8.96. The number of rotatable bonds is 6. The molecule has 0 aliphatic heterocycles. The summed E-state index contributed by atoms with van der Waals surface area (Å²) >= 11 is 0. The molecule has 1 aromatic heterocycles. The van der Waals surface area contributed by atoms with E-state index in [2.05, 4.69) is 10.4 Å². The number of hydrogen-bond donors (Lipinski definition) is 2. The molecular formula is C21H25N3O3. The molecular weight excluding hydrogens is 342 g/mol. The summed E-state index contributed by atoms with van der Waals surface area (Å²) < 4.78 is 7.49. The lowest BCUT2D eigenvalue weighted by Crippen LogP contribution is -2.35. The van der Waals surface area contributed by atoms with E-state index >= 15 is 0 Å². The van der Waals surface area contributed by atoms with Crippen molar-refractivity contribution in [1.29, 1.82) is 0 Å². The van der Waals surface area contributed by atoms with Crippen molar-refractivity contribution in [3.63, 3.8) is 0 Å². The van der Waals surface area contributed by atoms with E-state index in [1.807, 2.05) is 63.2 Å². The van der Waals surface area contributed by atoms with E-state index in [4.69, 9.17) is 4.74 Å². The lowest BCUT2D eigenvalue weighted by molar-refractivity contribution is 0.0845. The molecule has 3 aromatic rings. The maximum Gasteiger partial charge on any atom is 0.254 e. The van der Waals surface area contributed by atoms with Crippen molar-refractivity contribution < 1.29 is 14.6 Å². The minimum Gasteiger partial charge on any atom is -0.490 e. The minimum absolute atomic E-state index is 0.0928. The Labute approximate surface area is 158 Å². The summed E-state index contributed by atoms with van der Waals surface area (Å²) in [7, 11) is 0. The quantitative estimate of drug-likeness (QED) is 0.702. The van der Waals surface area contributed by atoms with Crippen LogP contribution in [0.4, 0.5) is 0 Å². The highest BCUT2D eigenvalue weighted by atomic mass is 16.5. The van der Waals surface area contributed by atoms with E-state index < -0.39 is 6.10 Å². The summed E-state index contributed by atoms with van der Waals surface area (Å²) in [5.74, 6) is 0.444. The van der Waals surface area contributed by atoms with E-state index in [0.29, 0.717) is 11.3 Å². The van der Waals surface area contributed by atoms with E-state index in [9.17, 15) is 9.90 Å². The van der Waals surface area contributed by atoms with Crippen molar-refractivity contribution >= 4 is 16.7 Å². The van der Waals surface area contributed by atoms with Crippen LogP contribution in [0.2, 0.25) is 0 Å². The van der Waals surface area contributed by atoms with Crippen LogP contribution >= 0.6 is 0 Å². The molecule has 2 N–H and O–H groups in total. The molecule has 1 heterocycles. The zero-order valence-corrected chi connectivity index (χ0v) is 15.8. The number of aliphatic hydroxyl groups is 1. The zero-order valence-electron chi connectivity index (χ0n) is 15.8. The normalized spacial score (nSPS) is 12.7. The molecule has 1 unspecified atom stereocenters. The van der Waals surface area contributed by atoms with Crippen LogP contribution in [0.25, 0.3) is 10.8 Å². The smallest absolute Gasteiger partial charge is 0.254 e. The van der Waals surface area contributed by atoms with Gasteiger partial charge in [-0.1, -0.05) is 36.4 Å². The van der Waals surface area contributed by atoms with Gasteiger partial charge in [0.15, 0.2) is 0 Å². The Morgan fingerprint density at radius 3 is 2.70 bits per heavy atom. The van der Waals surface area contributed by atoms with Crippen molar-refractivity contribution in [2.75, 3.05) is 13.2 Å². The zero-order chi connectivity index (χ0) is 19.4. The first-order valence-electron chi connectivity index (χ1n) is 8.96. The van der Waals surface area contributed by atoms with Gasteiger partial charge in [0.05, 0.1) is 17.3 Å². The van der Waals surface area contributed by atoms with Crippen molar-refractivity contribution in [1.82, 2.24) is 15.1 Å². The molecule has 0 saturated heterocycles. The van der Waals surface area contributed by atoms with Crippen LogP contribution in [0.3, 0.4) is 0 Å². The second-order valence-electron chi connectivity index (χ2n) is 7.50. The number of carbonyl (C=O) groups excluding carboxylic acids is 1. The fourth-order valence-electron chi connectivity index (χ4n) is 2.69. The number of carbonyl (C=O) groups is 1. The molecule has 142 valence electrons. The Morgan fingerprint density at radius 2 is 1.96 bits per heavy atom. The van der Waals surface area contributed by atoms with E-state index in [1.165, 1.54) is 6.20 Å². The number of benzene rings is 2. The predicted molar refractivity (Wildman–Crippen MR) is 105 cm³/mol. The second kappa shape index (κ2) is 7.80. The Bertz CT molecular complexity index is 922. The number of aromatic nitrogens is 2. The fourth-order valence-corrected chi connectivity index (χ4v) is 2.69. The number of fused-ring (bicyclic) bond motifs is 1. The van der Waals surface area contributed by atoms with E-state index in [-0.39, 0.29) is 24.6 Å². The molecule has 0 spiro atoms. The van der Waals surface area contributed by atoms with Crippen LogP contribution in [0, 0.1) is 0 Å². The van der Waals surface area contributed by atoms with Crippen LogP contribution in [-0.2, 0) is 5.54 Å². The molecule has 0 radical (unpaired) electrons. The summed E-state index contributed by atoms with van der Waals surface area (Å²) in [5, 5.41) is 19.1. The molecule has 1 atom stereocenters. The average Bonchev–Trinajstić information content (AvgIpc) is 3.15. The molecule has 1 amide bonds. The lowest BCUT2D eigenvalue weighted by Gasteiger charge is -2.18. The SMILES string of the molecule is CC(C)(C)n1cc(C(=O)NCC(O)COc2cccc3ccccc23)cn1. The largest absolute Gasteiger partial charge is 0.490 e. The van der Waals surface area contributed by atoms with Gasteiger partial charge in [0, 0.05) is 18.1 Å². The first kappa shape index (κ1) is 18.9. The topological polar surface area (TPSA) is 76.4 Å². The molecule has 6 nitrogen and oxygen atoms in total. The number of nitrogens with zero attached hydrogens (tertiary/aromatic N) is 2. The lowest BCUT2D eigenvalue weighted by atomic mass is 10.1. The van der Waals surface area contributed by atoms with Crippen LogP contribution < -0.4 is 10.1 Å². The van der Waals surface area contributed by atoms with Gasteiger partial charge < -0.3 is 15.2 Å². The van der Waals surface area contributed by atoms with Crippen molar-refractivity contribution in [2.45, 2.75) is 32.4 Å². The Kier molecular flexibility index (Phi) is 5.46. The number of amides is 1.